The van der Waals surface area contributed by atoms with E-state index in [0.717, 1.165) is 16.5 Å². The second-order valence-corrected chi connectivity index (χ2v) is 2.98. The van der Waals surface area contributed by atoms with Crippen LogP contribution in [0, 0.1) is 0 Å². The molecule has 0 saturated heterocycles. The Morgan fingerprint density at radius 2 is 2.08 bits per heavy atom. The van der Waals surface area contributed by atoms with Crippen LogP contribution in [0.25, 0.3) is 11.0 Å². The molecule has 0 aliphatic heterocycles. The summed E-state index contributed by atoms with van der Waals surface area (Å²) in [5.74, 6) is 0. The van der Waals surface area contributed by atoms with Gasteiger partial charge >= 0.3 is 0 Å². The summed E-state index contributed by atoms with van der Waals surface area (Å²) in [5.41, 5.74) is 1.71. The third-order valence-electron chi connectivity index (χ3n) is 1.94. The molecule has 1 heterocycles. The van der Waals surface area contributed by atoms with Gasteiger partial charge in [-0.3, -0.25) is 0 Å². The maximum absolute atomic E-state index is 8.76. The number of fused-ring (bicyclic) bond motifs is 1. The van der Waals surface area contributed by atoms with Crippen LogP contribution < -0.4 is 0 Å². The Bertz CT molecular complexity index is 403. The van der Waals surface area contributed by atoms with E-state index in [0.29, 0.717) is 0 Å². The zero-order chi connectivity index (χ0) is 9.26. The van der Waals surface area contributed by atoms with Gasteiger partial charge in [-0.25, -0.2) is 0 Å². The van der Waals surface area contributed by atoms with E-state index in [-0.39, 0.29) is 6.42 Å². The van der Waals surface area contributed by atoms with E-state index in [2.05, 4.69) is 0 Å². The van der Waals surface area contributed by atoms with Crippen molar-refractivity contribution in [1.29, 1.82) is 0 Å². The highest BCUT2D eigenvalue weighted by Crippen LogP contribution is 2.17. The lowest BCUT2D eigenvalue weighted by molar-refractivity contribution is -0.0381. The lowest BCUT2D eigenvalue weighted by atomic mass is 10.1. The molecule has 0 atom stereocenters. The monoisotopic (exact) mass is 178 g/mol. The van der Waals surface area contributed by atoms with Crippen molar-refractivity contribution in [2.75, 3.05) is 0 Å². The summed E-state index contributed by atoms with van der Waals surface area (Å²) in [6.07, 6.45) is 0.578. The fourth-order valence-electron chi connectivity index (χ4n) is 1.35. The van der Waals surface area contributed by atoms with Gasteiger partial charge in [0, 0.05) is 11.8 Å². The Balaban J connectivity index is 2.37. The molecule has 0 spiro atoms. The smallest absolute Gasteiger partial charge is 0.155 e. The summed E-state index contributed by atoms with van der Waals surface area (Å²) >= 11 is 0. The molecule has 3 heteroatoms. The molecule has 0 amide bonds. The molecule has 0 fully saturated rings. The van der Waals surface area contributed by atoms with E-state index in [1.165, 1.54) is 0 Å². The predicted octanol–water partition coefficient (Wildman–Crippen LogP) is 1.29. The molecular formula is C10H10O3. The van der Waals surface area contributed by atoms with Crippen molar-refractivity contribution in [3.05, 3.63) is 36.1 Å². The molecule has 2 rings (SSSR count). The van der Waals surface area contributed by atoms with Crippen molar-refractivity contribution in [3.8, 4) is 0 Å². The van der Waals surface area contributed by atoms with Gasteiger partial charge in [0.25, 0.3) is 0 Å². The number of rotatable bonds is 2. The van der Waals surface area contributed by atoms with Crippen molar-refractivity contribution in [2.45, 2.75) is 12.7 Å². The molecule has 2 N–H and O–H groups in total. The van der Waals surface area contributed by atoms with Crippen molar-refractivity contribution in [2.24, 2.45) is 0 Å². The minimum absolute atomic E-state index is 0.251. The maximum atomic E-state index is 8.76. The van der Waals surface area contributed by atoms with E-state index >= 15 is 0 Å². The molecular weight excluding hydrogens is 168 g/mol. The number of aliphatic hydroxyl groups is 2. The van der Waals surface area contributed by atoms with Crippen LogP contribution in [-0.2, 0) is 6.42 Å². The van der Waals surface area contributed by atoms with Crippen molar-refractivity contribution in [1.82, 2.24) is 0 Å². The molecule has 68 valence electrons. The lowest BCUT2D eigenvalue weighted by Crippen LogP contribution is -2.07. The molecule has 0 bridgehead atoms. The van der Waals surface area contributed by atoms with E-state index in [1.54, 1.807) is 6.26 Å². The van der Waals surface area contributed by atoms with Gasteiger partial charge in [-0.15, -0.1) is 0 Å². The highest BCUT2D eigenvalue weighted by atomic mass is 16.5. The Kier molecular flexibility index (Phi) is 2.04. The summed E-state index contributed by atoms with van der Waals surface area (Å²) < 4.78 is 5.15. The van der Waals surface area contributed by atoms with Crippen LogP contribution in [0.1, 0.15) is 5.56 Å². The average Bonchev–Trinajstić information content (AvgIpc) is 2.49. The molecule has 3 nitrogen and oxygen atoms in total. The minimum Gasteiger partial charge on any atom is -0.464 e. The summed E-state index contributed by atoms with van der Waals surface area (Å²) in [6, 6.07) is 7.39. The Labute approximate surface area is 75.2 Å². The van der Waals surface area contributed by atoms with Crippen LogP contribution in [0.4, 0.5) is 0 Å². The molecule has 0 aliphatic carbocycles. The number of benzene rings is 1. The van der Waals surface area contributed by atoms with Crippen LogP contribution in [0.2, 0.25) is 0 Å². The van der Waals surface area contributed by atoms with Crippen molar-refractivity contribution in [3.63, 3.8) is 0 Å². The molecule has 0 saturated carbocycles. The van der Waals surface area contributed by atoms with Gasteiger partial charge in [0.05, 0.1) is 6.26 Å². The summed E-state index contributed by atoms with van der Waals surface area (Å²) in [4.78, 5) is 0. The highest BCUT2D eigenvalue weighted by molar-refractivity contribution is 5.77. The fourth-order valence-corrected chi connectivity index (χ4v) is 1.35. The fraction of sp³-hybridized carbons (Fsp3) is 0.200. The topological polar surface area (TPSA) is 53.6 Å². The average molecular weight is 178 g/mol. The van der Waals surface area contributed by atoms with E-state index < -0.39 is 6.29 Å². The molecule has 1 aromatic carbocycles. The Morgan fingerprint density at radius 3 is 2.85 bits per heavy atom. The second-order valence-electron chi connectivity index (χ2n) is 2.98. The van der Waals surface area contributed by atoms with Gasteiger partial charge in [-0.1, -0.05) is 6.07 Å². The molecule has 0 aliphatic rings. The van der Waals surface area contributed by atoms with Gasteiger partial charge in [-0.2, -0.15) is 0 Å². The molecule has 0 radical (unpaired) electrons. The zero-order valence-electron chi connectivity index (χ0n) is 6.97. The third kappa shape index (κ3) is 1.71. The zero-order valence-corrected chi connectivity index (χ0v) is 6.97. The quantitative estimate of drug-likeness (QED) is 0.681. The SMILES string of the molecule is OC(O)Cc1ccc2occc2c1. The largest absolute Gasteiger partial charge is 0.464 e. The number of aliphatic hydroxyl groups excluding tert-OH is 1. The number of hydrogen-bond acceptors (Lipinski definition) is 3. The van der Waals surface area contributed by atoms with Gasteiger partial charge in [0.1, 0.15) is 5.58 Å². The van der Waals surface area contributed by atoms with Crippen LogP contribution in [0.5, 0.6) is 0 Å². The summed E-state index contributed by atoms with van der Waals surface area (Å²) in [5, 5.41) is 18.5. The molecule has 1 aromatic heterocycles. The lowest BCUT2D eigenvalue weighted by Gasteiger charge is -2.02. The van der Waals surface area contributed by atoms with E-state index in [4.69, 9.17) is 14.6 Å². The first kappa shape index (κ1) is 8.29. The maximum Gasteiger partial charge on any atom is 0.155 e. The third-order valence-corrected chi connectivity index (χ3v) is 1.94. The summed E-state index contributed by atoms with van der Waals surface area (Å²) in [6.45, 7) is 0. The van der Waals surface area contributed by atoms with Crippen molar-refractivity contribution >= 4 is 11.0 Å². The Morgan fingerprint density at radius 1 is 1.23 bits per heavy atom. The summed E-state index contributed by atoms with van der Waals surface area (Å²) in [7, 11) is 0. The normalized spacial score (nSPS) is 11.3. The van der Waals surface area contributed by atoms with Gasteiger partial charge in [0.2, 0.25) is 0 Å². The minimum atomic E-state index is -1.29. The molecule has 2 aromatic rings. The first-order valence-corrected chi connectivity index (χ1v) is 4.08. The number of furan rings is 1. The van der Waals surface area contributed by atoms with Crippen LogP contribution in [0.3, 0.4) is 0 Å². The molecule has 13 heavy (non-hydrogen) atoms. The van der Waals surface area contributed by atoms with Crippen LogP contribution in [-0.4, -0.2) is 16.5 Å². The van der Waals surface area contributed by atoms with Gasteiger partial charge in [-0.05, 0) is 23.8 Å². The van der Waals surface area contributed by atoms with Gasteiger partial charge in [0.15, 0.2) is 6.29 Å². The van der Waals surface area contributed by atoms with E-state index in [1.807, 2.05) is 24.3 Å². The Hall–Kier alpha value is -1.32. The first-order chi connectivity index (χ1) is 6.25. The first-order valence-electron chi connectivity index (χ1n) is 4.08. The standard InChI is InChI=1S/C10H10O3/c11-10(12)6-7-1-2-9-8(5-7)3-4-13-9/h1-5,10-12H,6H2. The highest BCUT2D eigenvalue weighted by Gasteiger charge is 2.02. The number of hydrogen-bond donors (Lipinski definition) is 2. The van der Waals surface area contributed by atoms with E-state index in [9.17, 15) is 0 Å². The van der Waals surface area contributed by atoms with Crippen LogP contribution in [0.15, 0.2) is 34.9 Å². The van der Waals surface area contributed by atoms with Crippen LogP contribution >= 0.6 is 0 Å². The van der Waals surface area contributed by atoms with Crippen molar-refractivity contribution < 1.29 is 14.6 Å². The predicted molar refractivity (Wildman–Crippen MR) is 48.1 cm³/mol. The second kappa shape index (κ2) is 3.20. The van der Waals surface area contributed by atoms with Gasteiger partial charge < -0.3 is 14.6 Å². The molecule has 0 unspecified atom stereocenters.